The molecule has 0 aromatic carbocycles. The molecule has 0 saturated heterocycles. The van der Waals surface area contributed by atoms with Crippen LogP contribution in [0.1, 0.15) is 42.8 Å². The monoisotopic (exact) mass is 343 g/mol. The van der Waals surface area contributed by atoms with Crippen molar-refractivity contribution in [1.29, 1.82) is 0 Å². The summed E-state index contributed by atoms with van der Waals surface area (Å²) in [4.78, 5) is 2.47. The van der Waals surface area contributed by atoms with Crippen LogP contribution in [0.25, 0.3) is 0 Å². The molecule has 3 heterocycles. The maximum Gasteiger partial charge on any atom is 0.0897 e. The molecule has 2 aliphatic rings. The van der Waals surface area contributed by atoms with Gasteiger partial charge < -0.3 is 4.74 Å². The van der Waals surface area contributed by atoms with Crippen LogP contribution in [0.15, 0.2) is 18.3 Å². The molecule has 2 aromatic heterocycles. The van der Waals surface area contributed by atoms with Crippen molar-refractivity contribution >= 4 is 0 Å². The van der Waals surface area contributed by atoms with Gasteiger partial charge in [0.15, 0.2) is 0 Å². The summed E-state index contributed by atoms with van der Waals surface area (Å²) < 4.78 is 10.5. The smallest absolute Gasteiger partial charge is 0.0897 e. The van der Waals surface area contributed by atoms with Gasteiger partial charge in [-0.1, -0.05) is 12.8 Å². The van der Waals surface area contributed by atoms with Crippen LogP contribution < -0.4 is 0 Å². The van der Waals surface area contributed by atoms with Gasteiger partial charge in [-0.25, -0.2) is 0 Å². The molecule has 1 saturated carbocycles. The summed E-state index contributed by atoms with van der Waals surface area (Å²) in [6.45, 7) is 6.56. The molecule has 0 N–H and O–H groups in total. The summed E-state index contributed by atoms with van der Waals surface area (Å²) in [6.07, 6.45) is 7.51. The van der Waals surface area contributed by atoms with Gasteiger partial charge in [0, 0.05) is 39.5 Å². The zero-order chi connectivity index (χ0) is 17.2. The number of ether oxygens (including phenoxy) is 1. The third kappa shape index (κ3) is 3.96. The van der Waals surface area contributed by atoms with Crippen LogP contribution in [0.4, 0.5) is 0 Å². The molecule has 1 aliphatic carbocycles. The number of hydrogen-bond acceptors (Lipinski definition) is 4. The Bertz CT molecular complexity index is 700. The molecule has 0 radical (unpaired) electrons. The Morgan fingerprint density at radius 3 is 2.84 bits per heavy atom. The normalized spacial score (nSPS) is 22.2. The van der Waals surface area contributed by atoms with Crippen molar-refractivity contribution in [2.24, 2.45) is 13.0 Å². The number of fused-ring (bicyclic) bond motifs is 1. The standard InChI is InChI=1S/C19H29N5O/c1-15-9-18(22(2)21-15)11-23-10-17-7-8-20-24(17)13-19(12-23)25-14-16-5-3-4-6-16/h7-9,16,19H,3-6,10-14H2,1-2H3. The van der Waals surface area contributed by atoms with E-state index in [4.69, 9.17) is 4.74 Å². The highest BCUT2D eigenvalue weighted by atomic mass is 16.5. The van der Waals surface area contributed by atoms with Gasteiger partial charge in [0.1, 0.15) is 0 Å². The third-order valence-electron chi connectivity index (χ3n) is 5.56. The SMILES string of the molecule is Cc1cc(CN2Cc3ccnn3CC(OCC3CCCC3)C2)n(C)n1. The van der Waals surface area contributed by atoms with E-state index in [-0.39, 0.29) is 6.10 Å². The molecule has 136 valence electrons. The number of aryl methyl sites for hydroxylation is 2. The van der Waals surface area contributed by atoms with Crippen molar-refractivity contribution in [1.82, 2.24) is 24.5 Å². The zero-order valence-corrected chi connectivity index (χ0v) is 15.4. The van der Waals surface area contributed by atoms with Crippen molar-refractivity contribution in [3.8, 4) is 0 Å². The molecule has 0 spiro atoms. The van der Waals surface area contributed by atoms with Gasteiger partial charge in [0.25, 0.3) is 0 Å². The second-order valence-electron chi connectivity index (χ2n) is 7.68. The fourth-order valence-corrected chi connectivity index (χ4v) is 4.21. The number of rotatable bonds is 5. The Balaban J connectivity index is 1.45. The molecule has 1 atom stereocenters. The molecular formula is C19H29N5O. The lowest BCUT2D eigenvalue weighted by Gasteiger charge is -2.25. The fraction of sp³-hybridized carbons (Fsp3) is 0.684. The first-order valence-electron chi connectivity index (χ1n) is 9.51. The minimum Gasteiger partial charge on any atom is -0.375 e. The first-order valence-corrected chi connectivity index (χ1v) is 9.51. The average Bonchev–Trinajstić information content (AvgIpc) is 3.28. The Morgan fingerprint density at radius 2 is 2.08 bits per heavy atom. The van der Waals surface area contributed by atoms with Crippen LogP contribution in [-0.4, -0.2) is 43.7 Å². The summed E-state index contributed by atoms with van der Waals surface area (Å²) >= 11 is 0. The molecule has 6 nitrogen and oxygen atoms in total. The maximum absolute atomic E-state index is 6.35. The molecule has 0 amide bonds. The maximum atomic E-state index is 6.35. The predicted octanol–water partition coefficient (Wildman–Crippen LogP) is 2.52. The molecular weight excluding hydrogens is 314 g/mol. The highest BCUT2D eigenvalue weighted by Gasteiger charge is 2.25. The minimum atomic E-state index is 0.205. The molecule has 6 heteroatoms. The second kappa shape index (κ2) is 7.30. The van der Waals surface area contributed by atoms with Gasteiger partial charge in [0.05, 0.1) is 29.7 Å². The zero-order valence-electron chi connectivity index (χ0n) is 15.4. The first-order chi connectivity index (χ1) is 12.2. The van der Waals surface area contributed by atoms with Crippen LogP contribution in [0.3, 0.4) is 0 Å². The van der Waals surface area contributed by atoms with Crippen molar-refractivity contribution in [2.75, 3.05) is 13.2 Å². The van der Waals surface area contributed by atoms with Crippen molar-refractivity contribution in [2.45, 2.75) is 58.3 Å². The van der Waals surface area contributed by atoms with E-state index < -0.39 is 0 Å². The summed E-state index contributed by atoms with van der Waals surface area (Å²) in [5.41, 5.74) is 3.59. The summed E-state index contributed by atoms with van der Waals surface area (Å²) in [7, 11) is 2.03. The van der Waals surface area contributed by atoms with Gasteiger partial charge >= 0.3 is 0 Å². The Kier molecular flexibility index (Phi) is 4.90. The molecule has 25 heavy (non-hydrogen) atoms. The summed E-state index contributed by atoms with van der Waals surface area (Å²) in [5, 5.41) is 8.99. The lowest BCUT2D eigenvalue weighted by molar-refractivity contribution is 0.000157. The van der Waals surface area contributed by atoms with Crippen molar-refractivity contribution in [3.63, 3.8) is 0 Å². The van der Waals surface area contributed by atoms with E-state index in [1.165, 1.54) is 37.1 Å². The number of hydrogen-bond donors (Lipinski definition) is 0. The second-order valence-corrected chi connectivity index (χ2v) is 7.68. The Labute approximate surface area is 149 Å². The largest absolute Gasteiger partial charge is 0.375 e. The number of nitrogens with zero attached hydrogens (tertiary/aromatic N) is 5. The van der Waals surface area contributed by atoms with E-state index in [1.807, 2.05) is 17.9 Å². The van der Waals surface area contributed by atoms with Gasteiger partial charge in [-0.3, -0.25) is 14.3 Å². The number of aromatic nitrogens is 4. The topological polar surface area (TPSA) is 48.1 Å². The van der Waals surface area contributed by atoms with Gasteiger partial charge in [-0.15, -0.1) is 0 Å². The van der Waals surface area contributed by atoms with E-state index in [2.05, 4.69) is 38.8 Å². The van der Waals surface area contributed by atoms with E-state index >= 15 is 0 Å². The van der Waals surface area contributed by atoms with Crippen LogP contribution in [0.2, 0.25) is 0 Å². The third-order valence-corrected chi connectivity index (χ3v) is 5.56. The molecule has 2 aromatic rings. The Hall–Kier alpha value is -1.66. The molecule has 1 unspecified atom stereocenters. The van der Waals surface area contributed by atoms with E-state index in [1.54, 1.807) is 0 Å². The van der Waals surface area contributed by atoms with Crippen molar-refractivity contribution in [3.05, 3.63) is 35.4 Å². The molecule has 0 bridgehead atoms. The summed E-state index contributed by atoms with van der Waals surface area (Å²) in [6, 6.07) is 4.30. The quantitative estimate of drug-likeness (QED) is 0.837. The van der Waals surface area contributed by atoms with Gasteiger partial charge in [-0.05, 0) is 37.8 Å². The van der Waals surface area contributed by atoms with E-state index in [0.717, 1.165) is 44.4 Å². The molecule has 1 aliphatic heterocycles. The lowest BCUT2D eigenvalue weighted by Crippen LogP contribution is -2.34. The van der Waals surface area contributed by atoms with Gasteiger partial charge in [-0.2, -0.15) is 10.2 Å². The summed E-state index contributed by atoms with van der Waals surface area (Å²) in [5.74, 6) is 0.758. The van der Waals surface area contributed by atoms with Crippen molar-refractivity contribution < 1.29 is 4.74 Å². The fourth-order valence-electron chi connectivity index (χ4n) is 4.21. The van der Waals surface area contributed by atoms with Gasteiger partial charge in [0.2, 0.25) is 0 Å². The lowest BCUT2D eigenvalue weighted by atomic mass is 10.1. The highest BCUT2D eigenvalue weighted by molar-refractivity contribution is 5.10. The highest BCUT2D eigenvalue weighted by Crippen LogP contribution is 2.26. The van der Waals surface area contributed by atoms with Crippen LogP contribution in [-0.2, 0) is 31.4 Å². The Morgan fingerprint density at radius 1 is 1.24 bits per heavy atom. The van der Waals surface area contributed by atoms with E-state index in [0.29, 0.717) is 0 Å². The van der Waals surface area contributed by atoms with Crippen LogP contribution in [0, 0.1) is 12.8 Å². The van der Waals surface area contributed by atoms with Crippen LogP contribution >= 0.6 is 0 Å². The minimum absolute atomic E-state index is 0.205. The predicted molar refractivity (Wildman–Crippen MR) is 96.0 cm³/mol. The van der Waals surface area contributed by atoms with Crippen LogP contribution in [0.5, 0.6) is 0 Å². The van der Waals surface area contributed by atoms with E-state index in [9.17, 15) is 0 Å². The molecule has 4 rings (SSSR count). The first kappa shape index (κ1) is 16.8. The average molecular weight is 343 g/mol. The molecule has 1 fully saturated rings.